The number of hydrogen-bond donors (Lipinski definition) is 0. The Hall–Kier alpha value is 0.177. The summed E-state index contributed by atoms with van der Waals surface area (Å²) in [5.74, 6) is 0.889. The topological polar surface area (TPSA) is 9.23 Å². The van der Waals surface area contributed by atoms with Crippen LogP contribution in [0, 0.1) is 5.92 Å². The van der Waals surface area contributed by atoms with Gasteiger partial charge in [0.15, 0.2) is 0 Å². The second-order valence-electron chi connectivity index (χ2n) is 7.09. The van der Waals surface area contributed by atoms with Gasteiger partial charge < -0.3 is 4.74 Å². The molecule has 1 aliphatic heterocycles. The average Bonchev–Trinajstić information content (AvgIpc) is 2.35. The van der Waals surface area contributed by atoms with Crippen LogP contribution in [0.1, 0.15) is 39.0 Å². The highest BCUT2D eigenvalue weighted by Crippen LogP contribution is 2.45. The SMILES string of the molecule is C[C@]1(C[Si](C)(C)C)C[C@@H]2CCCC[C@H]2O1. The summed E-state index contributed by atoms with van der Waals surface area (Å²) in [6.45, 7) is 9.75. The zero-order valence-electron chi connectivity index (χ0n) is 10.8. The molecule has 0 aromatic heterocycles. The largest absolute Gasteiger partial charge is 0.372 e. The fourth-order valence-electron chi connectivity index (χ4n) is 3.77. The molecule has 2 heteroatoms. The third kappa shape index (κ3) is 2.85. The van der Waals surface area contributed by atoms with Crippen molar-refractivity contribution in [2.24, 2.45) is 5.92 Å². The van der Waals surface area contributed by atoms with E-state index in [-0.39, 0.29) is 5.60 Å². The quantitative estimate of drug-likeness (QED) is 0.645. The third-order valence-electron chi connectivity index (χ3n) is 3.87. The summed E-state index contributed by atoms with van der Waals surface area (Å²) in [5.41, 5.74) is 0.226. The van der Waals surface area contributed by atoms with E-state index in [4.69, 9.17) is 4.74 Å². The highest BCUT2D eigenvalue weighted by Gasteiger charge is 2.45. The maximum atomic E-state index is 6.36. The Bertz CT molecular complexity index is 217. The lowest BCUT2D eigenvalue weighted by atomic mass is 9.83. The molecule has 1 nitrogen and oxygen atoms in total. The molecular weight excluding hydrogens is 200 g/mol. The van der Waals surface area contributed by atoms with Gasteiger partial charge in [0.05, 0.1) is 11.7 Å². The van der Waals surface area contributed by atoms with Crippen LogP contribution in [0.3, 0.4) is 0 Å². The number of rotatable bonds is 2. The molecule has 2 aliphatic rings. The smallest absolute Gasteiger partial charge is 0.0638 e. The van der Waals surface area contributed by atoms with Gasteiger partial charge in [-0.2, -0.15) is 0 Å². The predicted molar refractivity (Wildman–Crippen MR) is 68.0 cm³/mol. The Kier molecular flexibility index (Phi) is 3.02. The summed E-state index contributed by atoms with van der Waals surface area (Å²) < 4.78 is 6.36. The Labute approximate surface area is 95.6 Å². The molecule has 0 radical (unpaired) electrons. The fourth-order valence-corrected chi connectivity index (χ4v) is 6.24. The molecule has 0 spiro atoms. The van der Waals surface area contributed by atoms with Crippen molar-refractivity contribution in [1.29, 1.82) is 0 Å². The van der Waals surface area contributed by atoms with Crippen molar-refractivity contribution in [3.8, 4) is 0 Å². The molecule has 0 aromatic rings. The molecule has 88 valence electrons. The van der Waals surface area contributed by atoms with Crippen LogP contribution in [0.4, 0.5) is 0 Å². The summed E-state index contributed by atoms with van der Waals surface area (Å²) in [4.78, 5) is 0. The van der Waals surface area contributed by atoms with E-state index in [1.807, 2.05) is 0 Å². The Morgan fingerprint density at radius 2 is 1.87 bits per heavy atom. The van der Waals surface area contributed by atoms with Crippen molar-refractivity contribution in [3.63, 3.8) is 0 Å². The maximum absolute atomic E-state index is 6.36. The lowest BCUT2D eigenvalue weighted by molar-refractivity contribution is -0.0308. The van der Waals surface area contributed by atoms with E-state index >= 15 is 0 Å². The normalized spacial score (nSPS) is 41.6. The standard InChI is InChI=1S/C13H26OSi/c1-13(10-15(2,3)4)9-11-7-5-6-8-12(11)14-13/h11-12H,5-10H2,1-4H3/t11-,12+,13+/m0/s1. The van der Waals surface area contributed by atoms with Gasteiger partial charge in [-0.05, 0) is 38.1 Å². The predicted octanol–water partition coefficient (Wildman–Crippen LogP) is 4.06. The zero-order valence-corrected chi connectivity index (χ0v) is 11.8. The summed E-state index contributed by atoms with van der Waals surface area (Å²) in [6.07, 6.45) is 7.53. The van der Waals surface area contributed by atoms with E-state index in [1.165, 1.54) is 38.1 Å². The number of ether oxygens (including phenoxy) is 1. The summed E-state index contributed by atoms with van der Waals surface area (Å²) >= 11 is 0. The van der Waals surface area contributed by atoms with E-state index in [2.05, 4.69) is 26.6 Å². The fraction of sp³-hybridized carbons (Fsp3) is 1.00. The van der Waals surface area contributed by atoms with Gasteiger partial charge in [-0.1, -0.05) is 32.5 Å². The molecular formula is C13H26OSi. The summed E-state index contributed by atoms with van der Waals surface area (Å²) in [7, 11) is -0.984. The second-order valence-corrected chi connectivity index (χ2v) is 12.6. The molecule has 3 atom stereocenters. The first-order valence-corrected chi connectivity index (χ1v) is 10.3. The molecule has 2 fully saturated rings. The molecule has 1 aliphatic carbocycles. The number of hydrogen-bond acceptors (Lipinski definition) is 1. The van der Waals surface area contributed by atoms with E-state index in [9.17, 15) is 0 Å². The molecule has 0 N–H and O–H groups in total. The summed E-state index contributed by atoms with van der Waals surface area (Å²) in [6, 6.07) is 1.34. The van der Waals surface area contributed by atoms with Gasteiger partial charge >= 0.3 is 0 Å². The molecule has 0 amide bonds. The Balaban J connectivity index is 2.00. The molecule has 0 aromatic carbocycles. The van der Waals surface area contributed by atoms with Crippen molar-refractivity contribution in [2.45, 2.75) is 76.4 Å². The molecule has 1 saturated heterocycles. The third-order valence-corrected chi connectivity index (χ3v) is 5.68. The first-order chi connectivity index (χ1) is 6.88. The van der Waals surface area contributed by atoms with Crippen LogP contribution in [-0.4, -0.2) is 19.8 Å². The Morgan fingerprint density at radius 1 is 1.20 bits per heavy atom. The molecule has 0 unspecified atom stereocenters. The number of fused-ring (bicyclic) bond motifs is 1. The van der Waals surface area contributed by atoms with E-state index < -0.39 is 8.07 Å². The minimum atomic E-state index is -0.984. The molecule has 1 saturated carbocycles. The minimum absolute atomic E-state index is 0.226. The van der Waals surface area contributed by atoms with Gasteiger partial charge in [0, 0.05) is 8.07 Å². The lowest BCUT2D eigenvalue weighted by Gasteiger charge is -2.31. The van der Waals surface area contributed by atoms with Gasteiger partial charge in [-0.3, -0.25) is 0 Å². The van der Waals surface area contributed by atoms with E-state index in [1.54, 1.807) is 0 Å². The van der Waals surface area contributed by atoms with E-state index in [0.717, 1.165) is 5.92 Å². The van der Waals surface area contributed by atoms with Crippen molar-refractivity contribution >= 4 is 8.07 Å². The highest BCUT2D eigenvalue weighted by molar-refractivity contribution is 6.76. The molecule has 15 heavy (non-hydrogen) atoms. The maximum Gasteiger partial charge on any atom is 0.0638 e. The van der Waals surface area contributed by atoms with Crippen LogP contribution in [0.2, 0.25) is 25.7 Å². The van der Waals surface area contributed by atoms with Gasteiger partial charge in [-0.25, -0.2) is 0 Å². The van der Waals surface area contributed by atoms with Crippen LogP contribution in [0.25, 0.3) is 0 Å². The van der Waals surface area contributed by atoms with Crippen LogP contribution < -0.4 is 0 Å². The van der Waals surface area contributed by atoms with Crippen molar-refractivity contribution in [3.05, 3.63) is 0 Å². The molecule has 1 heterocycles. The first-order valence-electron chi connectivity index (χ1n) is 6.56. The molecule has 0 bridgehead atoms. The molecule has 2 rings (SSSR count). The summed E-state index contributed by atoms with van der Waals surface area (Å²) in [5, 5.41) is 0. The van der Waals surface area contributed by atoms with Crippen LogP contribution >= 0.6 is 0 Å². The van der Waals surface area contributed by atoms with Gasteiger partial charge in [0.1, 0.15) is 0 Å². The Morgan fingerprint density at radius 3 is 2.47 bits per heavy atom. The monoisotopic (exact) mass is 226 g/mol. The van der Waals surface area contributed by atoms with Crippen molar-refractivity contribution in [1.82, 2.24) is 0 Å². The van der Waals surface area contributed by atoms with Gasteiger partial charge in [-0.15, -0.1) is 0 Å². The van der Waals surface area contributed by atoms with E-state index in [0.29, 0.717) is 6.10 Å². The van der Waals surface area contributed by atoms with Crippen LogP contribution in [0.5, 0.6) is 0 Å². The lowest BCUT2D eigenvalue weighted by Crippen LogP contribution is -2.35. The van der Waals surface area contributed by atoms with Crippen LogP contribution in [0.15, 0.2) is 0 Å². The van der Waals surface area contributed by atoms with Gasteiger partial charge in [0.2, 0.25) is 0 Å². The van der Waals surface area contributed by atoms with Gasteiger partial charge in [0.25, 0.3) is 0 Å². The average molecular weight is 226 g/mol. The highest BCUT2D eigenvalue weighted by atomic mass is 28.3. The van der Waals surface area contributed by atoms with Crippen molar-refractivity contribution < 1.29 is 4.74 Å². The first kappa shape index (κ1) is 11.7. The van der Waals surface area contributed by atoms with Crippen LogP contribution in [-0.2, 0) is 4.74 Å². The van der Waals surface area contributed by atoms with Crippen molar-refractivity contribution in [2.75, 3.05) is 0 Å². The minimum Gasteiger partial charge on any atom is -0.372 e. The second kappa shape index (κ2) is 3.88. The zero-order chi connectivity index (χ0) is 11.1.